The van der Waals surface area contributed by atoms with Gasteiger partial charge in [0, 0.05) is 16.6 Å². The quantitative estimate of drug-likeness (QED) is 0.778. The Kier molecular flexibility index (Phi) is 4.03. The lowest BCUT2D eigenvalue weighted by molar-refractivity contribution is -0.121. The van der Waals surface area contributed by atoms with Crippen LogP contribution in [-0.2, 0) is 19.3 Å². The first-order valence-electron chi connectivity index (χ1n) is 7.89. The number of phosphoric ester groups is 1. The molecule has 0 heterocycles. The third-order valence-corrected chi connectivity index (χ3v) is 5.42. The van der Waals surface area contributed by atoms with Crippen LogP contribution in [0.3, 0.4) is 0 Å². The number of ketones is 2. The molecule has 2 aliphatic carbocycles. The minimum atomic E-state index is -5.01. The van der Waals surface area contributed by atoms with Crippen LogP contribution in [0.4, 0.5) is 0 Å². The van der Waals surface area contributed by atoms with Crippen molar-refractivity contribution in [3.8, 4) is 5.75 Å². The first kappa shape index (κ1) is 18.6. The smallest absolute Gasteiger partial charge is 0.497 e. The minimum Gasteiger partial charge on any atom is -0.497 e. The highest BCUT2D eigenvalue weighted by atomic mass is 31.2. The van der Waals surface area contributed by atoms with Gasteiger partial charge in [0.15, 0.2) is 11.5 Å². The average Bonchev–Trinajstić information content (AvgIpc) is 2.54. The van der Waals surface area contributed by atoms with Gasteiger partial charge in [-0.1, -0.05) is 6.08 Å². The number of hydrogen-bond donors (Lipinski definition) is 2. The van der Waals surface area contributed by atoms with E-state index in [1.807, 2.05) is 0 Å². The highest BCUT2D eigenvalue weighted by Crippen LogP contribution is 2.55. The highest BCUT2D eigenvalue weighted by molar-refractivity contribution is 7.46. The largest absolute Gasteiger partial charge is 0.524 e. The van der Waals surface area contributed by atoms with Crippen LogP contribution >= 0.6 is 7.82 Å². The number of benzene rings is 1. The standard InChI is InChI=1S/C18H19O7P/c1-17(2)13(19)7-8-18(3)12-9-10(24-4)5-6-11(12)14(20)15(16(17)18)25-26(21,22)23/h5-9H,1-4H3,(H2,21,22,23)/t18-/m1/s1. The topological polar surface area (TPSA) is 110 Å². The SMILES string of the molecule is COc1ccc2c(c1)[C@@]1(C)C=CC(=O)C(C)(C)C1=C(OP(=O)(O)O)C2=O. The fraction of sp³-hybridized carbons (Fsp3) is 0.333. The van der Waals surface area contributed by atoms with E-state index in [1.165, 1.54) is 19.3 Å². The lowest BCUT2D eigenvalue weighted by Crippen LogP contribution is -2.45. The van der Waals surface area contributed by atoms with E-state index in [9.17, 15) is 23.9 Å². The number of hydrogen-bond acceptors (Lipinski definition) is 5. The number of Topliss-reactive ketones (excluding diaryl/α,β-unsaturated/α-hetero) is 1. The summed E-state index contributed by atoms with van der Waals surface area (Å²) < 4.78 is 21.5. The summed E-state index contributed by atoms with van der Waals surface area (Å²) >= 11 is 0. The molecule has 26 heavy (non-hydrogen) atoms. The van der Waals surface area contributed by atoms with E-state index in [0.29, 0.717) is 11.3 Å². The Morgan fingerprint density at radius 1 is 1.12 bits per heavy atom. The molecule has 0 radical (unpaired) electrons. The Morgan fingerprint density at radius 3 is 2.35 bits per heavy atom. The first-order valence-corrected chi connectivity index (χ1v) is 9.42. The van der Waals surface area contributed by atoms with Gasteiger partial charge in [-0.05, 0) is 50.6 Å². The minimum absolute atomic E-state index is 0.228. The number of ether oxygens (including phenoxy) is 1. The lowest BCUT2D eigenvalue weighted by Gasteiger charge is -2.45. The number of allylic oxidation sites excluding steroid dienone is 4. The van der Waals surface area contributed by atoms with Gasteiger partial charge in [-0.25, -0.2) is 4.57 Å². The Morgan fingerprint density at radius 2 is 1.77 bits per heavy atom. The number of carbonyl (C=O) groups excluding carboxylic acids is 2. The van der Waals surface area contributed by atoms with E-state index < -0.39 is 30.2 Å². The van der Waals surface area contributed by atoms with Gasteiger partial charge < -0.3 is 9.26 Å². The molecule has 0 aliphatic heterocycles. The Balaban J connectivity index is 2.41. The Hall–Kier alpha value is -2.21. The fourth-order valence-electron chi connectivity index (χ4n) is 3.77. The van der Waals surface area contributed by atoms with E-state index in [-0.39, 0.29) is 16.9 Å². The van der Waals surface area contributed by atoms with Crippen molar-refractivity contribution in [2.75, 3.05) is 7.11 Å². The predicted molar refractivity (Wildman–Crippen MR) is 92.8 cm³/mol. The van der Waals surface area contributed by atoms with Crippen LogP contribution in [0.25, 0.3) is 0 Å². The normalized spacial score (nSPS) is 24.2. The molecular weight excluding hydrogens is 359 g/mol. The summed E-state index contributed by atoms with van der Waals surface area (Å²) in [5, 5.41) is 0. The predicted octanol–water partition coefficient (Wildman–Crippen LogP) is 2.68. The van der Waals surface area contributed by atoms with Gasteiger partial charge in [-0.2, -0.15) is 0 Å². The molecule has 0 amide bonds. The van der Waals surface area contributed by atoms with Crippen LogP contribution in [-0.4, -0.2) is 28.5 Å². The number of carbonyl (C=O) groups is 2. The van der Waals surface area contributed by atoms with Crippen molar-refractivity contribution >= 4 is 19.4 Å². The van der Waals surface area contributed by atoms with Gasteiger partial charge >= 0.3 is 7.82 Å². The molecular formula is C18H19O7P. The molecule has 0 bridgehead atoms. The van der Waals surface area contributed by atoms with Gasteiger partial charge in [-0.3, -0.25) is 19.4 Å². The van der Waals surface area contributed by atoms with Crippen molar-refractivity contribution in [3.63, 3.8) is 0 Å². The summed E-state index contributed by atoms with van der Waals surface area (Å²) in [5.41, 5.74) is -1.07. The molecule has 0 spiro atoms. The molecule has 2 N–H and O–H groups in total. The molecule has 3 rings (SSSR count). The van der Waals surface area contributed by atoms with Crippen LogP contribution in [0.5, 0.6) is 5.75 Å². The van der Waals surface area contributed by atoms with Crippen LogP contribution in [0, 0.1) is 5.41 Å². The summed E-state index contributed by atoms with van der Waals surface area (Å²) in [6.45, 7) is 4.99. The maximum absolute atomic E-state index is 13.0. The zero-order valence-electron chi connectivity index (χ0n) is 14.8. The Bertz CT molecular complexity index is 935. The zero-order chi connectivity index (χ0) is 19.5. The molecule has 7 nitrogen and oxygen atoms in total. The molecule has 0 aromatic heterocycles. The molecule has 2 aliphatic rings. The molecule has 0 fully saturated rings. The number of phosphoric acid groups is 1. The molecule has 138 valence electrons. The van der Waals surface area contributed by atoms with E-state index in [1.54, 1.807) is 39.0 Å². The molecule has 1 aromatic carbocycles. The highest BCUT2D eigenvalue weighted by Gasteiger charge is 2.53. The van der Waals surface area contributed by atoms with E-state index in [4.69, 9.17) is 9.26 Å². The molecule has 8 heteroatoms. The molecule has 0 saturated carbocycles. The lowest BCUT2D eigenvalue weighted by atomic mass is 9.57. The summed E-state index contributed by atoms with van der Waals surface area (Å²) in [5.74, 6) is -0.897. The van der Waals surface area contributed by atoms with E-state index in [0.717, 1.165) is 0 Å². The van der Waals surface area contributed by atoms with Gasteiger partial charge in [0.2, 0.25) is 5.78 Å². The van der Waals surface area contributed by atoms with E-state index in [2.05, 4.69) is 0 Å². The summed E-state index contributed by atoms with van der Waals surface area (Å²) in [6, 6.07) is 4.81. The monoisotopic (exact) mass is 378 g/mol. The fourth-order valence-corrected chi connectivity index (χ4v) is 4.18. The van der Waals surface area contributed by atoms with Crippen molar-refractivity contribution in [2.45, 2.75) is 26.2 Å². The number of rotatable bonds is 3. The van der Waals surface area contributed by atoms with Gasteiger partial charge in [-0.15, -0.1) is 0 Å². The van der Waals surface area contributed by atoms with Crippen LogP contribution in [0.2, 0.25) is 0 Å². The van der Waals surface area contributed by atoms with Gasteiger partial charge in [0.05, 0.1) is 12.5 Å². The maximum atomic E-state index is 13.0. The second-order valence-electron chi connectivity index (χ2n) is 7.05. The van der Waals surface area contributed by atoms with Crippen molar-refractivity contribution in [1.82, 2.24) is 0 Å². The molecule has 0 saturated heterocycles. The van der Waals surface area contributed by atoms with Crippen LogP contribution in [0.15, 0.2) is 41.7 Å². The third-order valence-electron chi connectivity index (χ3n) is 5.00. The average molecular weight is 378 g/mol. The van der Waals surface area contributed by atoms with Crippen LogP contribution < -0.4 is 4.74 Å². The summed E-state index contributed by atoms with van der Waals surface area (Å²) in [4.78, 5) is 44.1. The van der Waals surface area contributed by atoms with Crippen molar-refractivity contribution < 1.29 is 33.2 Å². The van der Waals surface area contributed by atoms with E-state index >= 15 is 0 Å². The van der Waals surface area contributed by atoms with Crippen molar-refractivity contribution in [1.29, 1.82) is 0 Å². The number of methoxy groups -OCH3 is 1. The second kappa shape index (κ2) is 5.64. The van der Waals surface area contributed by atoms with Crippen LogP contribution in [0.1, 0.15) is 36.7 Å². The van der Waals surface area contributed by atoms with Crippen molar-refractivity contribution in [3.05, 3.63) is 52.8 Å². The number of fused-ring (bicyclic) bond motifs is 3. The second-order valence-corrected chi connectivity index (χ2v) is 8.22. The van der Waals surface area contributed by atoms with Crippen molar-refractivity contribution in [2.24, 2.45) is 5.41 Å². The molecule has 1 aromatic rings. The van der Waals surface area contributed by atoms with Gasteiger partial charge in [0.1, 0.15) is 5.75 Å². The summed E-state index contributed by atoms with van der Waals surface area (Å²) in [7, 11) is -3.51. The molecule has 0 unspecified atom stereocenters. The van der Waals surface area contributed by atoms with Gasteiger partial charge in [0.25, 0.3) is 0 Å². The zero-order valence-corrected chi connectivity index (χ0v) is 15.7. The maximum Gasteiger partial charge on any atom is 0.524 e. The first-order chi connectivity index (χ1) is 11.9. The summed E-state index contributed by atoms with van der Waals surface area (Å²) in [6.07, 6.45) is 3.06. The molecule has 1 atom stereocenters. The Labute approximate surface area is 150 Å². The third kappa shape index (κ3) is 2.63.